The van der Waals surface area contributed by atoms with Gasteiger partial charge in [-0.15, -0.1) is 22.7 Å². The van der Waals surface area contributed by atoms with Crippen molar-refractivity contribution in [1.82, 2.24) is 25.9 Å². The maximum absolute atomic E-state index is 13.2. The maximum Gasteiger partial charge on any atom is 0.408 e. The first-order valence-corrected chi connectivity index (χ1v) is 15.6. The third-order valence-corrected chi connectivity index (χ3v) is 8.15. The highest BCUT2D eigenvalue weighted by molar-refractivity contribution is 7.10. The Balaban J connectivity index is 1.68. The number of alkyl carbamates (subject to hydrolysis) is 1. The van der Waals surface area contributed by atoms with Gasteiger partial charge in [-0.3, -0.25) is 9.59 Å². The first kappa shape index (κ1) is 33.0. The molecule has 228 valence electrons. The van der Waals surface area contributed by atoms with E-state index >= 15 is 0 Å². The van der Waals surface area contributed by atoms with Gasteiger partial charge in [-0.05, 0) is 57.2 Å². The standard InChI is InChI=1S/C30H41N5O5S2/c1-16(2)23(27-32-21(14-41-27)25(36)31-18(5)19-10-12-20(39-9)13-11-19)34-26(37)22-15-42-28(33-22)24(17(3)4)35-29(38)40-30(6,7)8/h10-18,23-24H,1-9H3,(H,31,36)(H,34,37)(H,35,38)/t18-,23+,24+/m1/s1. The van der Waals surface area contributed by atoms with E-state index < -0.39 is 23.8 Å². The maximum atomic E-state index is 13.2. The molecule has 3 N–H and O–H groups in total. The minimum atomic E-state index is -0.628. The fraction of sp³-hybridized carbons (Fsp3) is 0.500. The van der Waals surface area contributed by atoms with E-state index in [1.54, 1.807) is 38.6 Å². The van der Waals surface area contributed by atoms with Gasteiger partial charge < -0.3 is 25.4 Å². The summed E-state index contributed by atoms with van der Waals surface area (Å²) in [6.07, 6.45) is -0.538. The number of hydrogen-bond donors (Lipinski definition) is 3. The van der Waals surface area contributed by atoms with Crippen LogP contribution in [0.1, 0.15) is 110 Å². The minimum Gasteiger partial charge on any atom is -0.497 e. The lowest BCUT2D eigenvalue weighted by Gasteiger charge is -2.24. The lowest BCUT2D eigenvalue weighted by molar-refractivity contribution is 0.0489. The number of nitrogens with zero attached hydrogens (tertiary/aromatic N) is 2. The molecule has 2 heterocycles. The number of methoxy groups -OCH3 is 1. The fourth-order valence-corrected chi connectivity index (χ4v) is 6.03. The van der Waals surface area contributed by atoms with Crippen LogP contribution >= 0.6 is 22.7 Å². The monoisotopic (exact) mass is 615 g/mol. The van der Waals surface area contributed by atoms with E-state index in [4.69, 9.17) is 9.47 Å². The average Bonchev–Trinajstić information content (AvgIpc) is 3.59. The molecule has 2 aromatic heterocycles. The molecule has 12 heteroatoms. The molecule has 0 aliphatic rings. The van der Waals surface area contributed by atoms with Crippen molar-refractivity contribution in [3.8, 4) is 5.75 Å². The molecule has 3 aromatic rings. The SMILES string of the molecule is COc1ccc([C@@H](C)NC(=O)c2csc([C@@H](NC(=O)c3csc([C@@H](NC(=O)OC(C)(C)C)C(C)C)n3)C(C)C)n2)cc1. The van der Waals surface area contributed by atoms with Crippen LogP contribution in [0.2, 0.25) is 0 Å². The van der Waals surface area contributed by atoms with Crippen LogP contribution in [-0.2, 0) is 4.74 Å². The average molecular weight is 616 g/mol. The van der Waals surface area contributed by atoms with Crippen molar-refractivity contribution >= 4 is 40.6 Å². The Morgan fingerprint density at radius 3 is 1.69 bits per heavy atom. The summed E-state index contributed by atoms with van der Waals surface area (Å²) < 4.78 is 10.6. The van der Waals surface area contributed by atoms with Gasteiger partial charge in [0, 0.05) is 10.8 Å². The van der Waals surface area contributed by atoms with Crippen LogP contribution in [0.4, 0.5) is 4.79 Å². The number of rotatable bonds is 11. The zero-order chi connectivity index (χ0) is 31.2. The Kier molecular flexibility index (Phi) is 11.1. The number of carbonyl (C=O) groups excluding carboxylic acids is 3. The predicted octanol–water partition coefficient (Wildman–Crippen LogP) is 6.45. The van der Waals surface area contributed by atoms with Gasteiger partial charge in [-0.2, -0.15) is 0 Å². The first-order chi connectivity index (χ1) is 19.7. The summed E-state index contributed by atoms with van der Waals surface area (Å²) in [5.41, 5.74) is 0.853. The molecule has 42 heavy (non-hydrogen) atoms. The number of benzene rings is 1. The van der Waals surface area contributed by atoms with Gasteiger partial charge in [0.15, 0.2) is 0 Å². The molecule has 1 aromatic carbocycles. The molecule has 3 atom stereocenters. The highest BCUT2D eigenvalue weighted by Crippen LogP contribution is 2.28. The second kappa shape index (κ2) is 14.1. The molecule has 0 fully saturated rings. The van der Waals surface area contributed by atoms with Crippen molar-refractivity contribution < 1.29 is 23.9 Å². The van der Waals surface area contributed by atoms with E-state index in [0.717, 1.165) is 11.3 Å². The lowest BCUT2D eigenvalue weighted by Crippen LogP contribution is -2.37. The zero-order valence-corrected chi connectivity index (χ0v) is 27.2. The van der Waals surface area contributed by atoms with Crippen molar-refractivity contribution in [1.29, 1.82) is 0 Å². The zero-order valence-electron chi connectivity index (χ0n) is 25.6. The van der Waals surface area contributed by atoms with Gasteiger partial charge in [0.2, 0.25) is 0 Å². The molecule has 0 saturated heterocycles. The summed E-state index contributed by atoms with van der Waals surface area (Å²) in [5, 5.41) is 13.5. The van der Waals surface area contributed by atoms with Crippen molar-refractivity contribution in [3.05, 3.63) is 62.0 Å². The predicted molar refractivity (Wildman–Crippen MR) is 165 cm³/mol. The molecule has 3 amide bonds. The van der Waals surface area contributed by atoms with Crippen molar-refractivity contribution in [2.75, 3.05) is 7.11 Å². The number of aromatic nitrogens is 2. The van der Waals surface area contributed by atoms with Gasteiger partial charge in [0.25, 0.3) is 11.8 Å². The molecule has 0 aliphatic carbocycles. The van der Waals surface area contributed by atoms with Gasteiger partial charge in [-0.25, -0.2) is 14.8 Å². The molecular weight excluding hydrogens is 574 g/mol. The number of ether oxygens (including phenoxy) is 2. The van der Waals surface area contributed by atoms with E-state index in [-0.39, 0.29) is 35.4 Å². The summed E-state index contributed by atoms with van der Waals surface area (Å²) >= 11 is 2.63. The van der Waals surface area contributed by atoms with Gasteiger partial charge in [0.05, 0.1) is 25.2 Å². The summed E-state index contributed by atoms with van der Waals surface area (Å²) in [4.78, 5) is 47.7. The fourth-order valence-electron chi connectivity index (χ4n) is 3.99. The Labute approximate surface area is 255 Å². The highest BCUT2D eigenvalue weighted by atomic mass is 32.1. The summed E-state index contributed by atoms with van der Waals surface area (Å²) in [6, 6.07) is 6.44. The van der Waals surface area contributed by atoms with E-state index in [0.29, 0.717) is 15.7 Å². The number of amides is 3. The van der Waals surface area contributed by atoms with Crippen LogP contribution in [0.25, 0.3) is 0 Å². The first-order valence-electron chi connectivity index (χ1n) is 13.8. The third kappa shape index (κ3) is 8.99. The molecule has 0 unspecified atom stereocenters. The van der Waals surface area contributed by atoms with Crippen molar-refractivity contribution in [2.24, 2.45) is 11.8 Å². The summed E-state index contributed by atoms with van der Waals surface area (Å²) in [6.45, 7) is 15.2. The van der Waals surface area contributed by atoms with Crippen LogP contribution in [0.5, 0.6) is 5.75 Å². The quantitative estimate of drug-likeness (QED) is 0.226. The van der Waals surface area contributed by atoms with Gasteiger partial charge >= 0.3 is 6.09 Å². The second-order valence-electron chi connectivity index (χ2n) is 11.7. The van der Waals surface area contributed by atoms with E-state index in [2.05, 4.69) is 25.9 Å². The molecule has 0 saturated carbocycles. The Morgan fingerprint density at radius 2 is 1.24 bits per heavy atom. The number of thiazole rings is 2. The highest BCUT2D eigenvalue weighted by Gasteiger charge is 2.28. The largest absolute Gasteiger partial charge is 0.497 e. The minimum absolute atomic E-state index is 0.00425. The van der Waals surface area contributed by atoms with E-state index in [9.17, 15) is 14.4 Å². The molecular formula is C30H41N5O5S2. The lowest BCUT2D eigenvalue weighted by atomic mass is 10.0. The molecule has 0 spiro atoms. The molecule has 3 rings (SSSR count). The van der Waals surface area contributed by atoms with Crippen LogP contribution in [-0.4, -0.2) is 40.6 Å². The number of hydrogen-bond acceptors (Lipinski definition) is 9. The van der Waals surface area contributed by atoms with Crippen LogP contribution in [0.15, 0.2) is 35.0 Å². The number of nitrogens with one attached hydrogen (secondary N) is 3. The van der Waals surface area contributed by atoms with Crippen LogP contribution in [0.3, 0.4) is 0 Å². The van der Waals surface area contributed by atoms with Crippen LogP contribution < -0.4 is 20.7 Å². The van der Waals surface area contributed by atoms with E-state index in [1.807, 2.05) is 58.9 Å². The van der Waals surface area contributed by atoms with E-state index in [1.165, 1.54) is 22.7 Å². The van der Waals surface area contributed by atoms with Crippen molar-refractivity contribution in [2.45, 2.75) is 79.1 Å². The van der Waals surface area contributed by atoms with Crippen LogP contribution in [0, 0.1) is 11.8 Å². The summed E-state index contributed by atoms with van der Waals surface area (Å²) in [7, 11) is 1.61. The summed E-state index contributed by atoms with van der Waals surface area (Å²) in [5.74, 6) is 0.121. The Hall–Kier alpha value is -3.51. The van der Waals surface area contributed by atoms with Crippen molar-refractivity contribution in [3.63, 3.8) is 0 Å². The van der Waals surface area contributed by atoms with Gasteiger partial charge in [0.1, 0.15) is 32.8 Å². The molecule has 0 aliphatic heterocycles. The topological polar surface area (TPSA) is 132 Å². The normalized spacial score (nSPS) is 13.8. The molecule has 0 bridgehead atoms. The molecule has 0 radical (unpaired) electrons. The van der Waals surface area contributed by atoms with Gasteiger partial charge in [-0.1, -0.05) is 39.8 Å². The smallest absolute Gasteiger partial charge is 0.408 e. The third-order valence-electron chi connectivity index (χ3n) is 6.30. The molecule has 10 nitrogen and oxygen atoms in total. The second-order valence-corrected chi connectivity index (χ2v) is 13.5. The Morgan fingerprint density at radius 1 is 0.762 bits per heavy atom. The number of carbonyl (C=O) groups is 3. The Bertz CT molecular complexity index is 1360.